The molecule has 0 saturated heterocycles. The minimum Gasteiger partial charge on any atom is -0.354 e. The second-order valence-electron chi connectivity index (χ2n) is 8.16. The van der Waals surface area contributed by atoms with Crippen LogP contribution in [0.4, 0.5) is 0 Å². The van der Waals surface area contributed by atoms with E-state index in [2.05, 4.69) is 29.7 Å². The molecule has 0 aromatic heterocycles. The van der Waals surface area contributed by atoms with Crippen molar-refractivity contribution in [2.45, 2.75) is 39.2 Å². The molecule has 3 aromatic rings. The summed E-state index contributed by atoms with van der Waals surface area (Å²) in [6.45, 7) is 6.51. The van der Waals surface area contributed by atoms with E-state index in [1.54, 1.807) is 0 Å². The van der Waals surface area contributed by atoms with Crippen LogP contribution in [-0.4, -0.2) is 24.4 Å². The number of nitrogens with one attached hydrogen (secondary N) is 2. The number of fused-ring (bicyclic) bond motifs is 1. The Morgan fingerprint density at radius 1 is 0.833 bits per heavy atom. The molecule has 0 spiro atoms. The Labute approximate surface area is 178 Å². The molecule has 0 aliphatic carbocycles. The molecule has 0 bridgehead atoms. The van der Waals surface area contributed by atoms with Crippen LogP contribution in [0.25, 0.3) is 10.8 Å². The Morgan fingerprint density at radius 3 is 2.23 bits per heavy atom. The molecule has 30 heavy (non-hydrogen) atoms. The molecule has 4 nitrogen and oxygen atoms in total. The highest BCUT2D eigenvalue weighted by Gasteiger charge is 2.24. The first-order valence-corrected chi connectivity index (χ1v) is 10.5. The van der Waals surface area contributed by atoms with Crippen LogP contribution in [-0.2, 0) is 16.0 Å². The topological polar surface area (TPSA) is 58.2 Å². The highest BCUT2D eigenvalue weighted by molar-refractivity contribution is 5.92. The summed E-state index contributed by atoms with van der Waals surface area (Å²) in [5.74, 6) is -0.0850. The zero-order valence-electron chi connectivity index (χ0n) is 17.9. The fourth-order valence-electron chi connectivity index (χ4n) is 3.64. The molecule has 2 atom stereocenters. The van der Waals surface area contributed by atoms with Gasteiger partial charge in [0, 0.05) is 6.54 Å². The van der Waals surface area contributed by atoms with Gasteiger partial charge in [-0.15, -0.1) is 0 Å². The lowest BCUT2D eigenvalue weighted by molar-refractivity contribution is -0.129. The van der Waals surface area contributed by atoms with E-state index in [0.717, 1.165) is 16.3 Å². The van der Waals surface area contributed by atoms with Crippen molar-refractivity contribution in [1.82, 2.24) is 10.6 Å². The molecule has 0 saturated carbocycles. The van der Waals surface area contributed by atoms with E-state index in [1.165, 1.54) is 5.56 Å². The number of rotatable bonds is 8. The Kier molecular flexibility index (Phi) is 7.23. The van der Waals surface area contributed by atoms with E-state index in [4.69, 9.17) is 0 Å². The zero-order chi connectivity index (χ0) is 21.5. The van der Waals surface area contributed by atoms with E-state index >= 15 is 0 Å². The molecule has 3 rings (SSSR count). The maximum absolute atomic E-state index is 12.8. The van der Waals surface area contributed by atoms with E-state index in [9.17, 15) is 9.59 Å². The van der Waals surface area contributed by atoms with Crippen LogP contribution in [0, 0.1) is 5.92 Å². The van der Waals surface area contributed by atoms with Crippen LogP contribution in [0.2, 0.25) is 0 Å². The predicted octanol–water partition coefficient (Wildman–Crippen LogP) is 4.44. The Morgan fingerprint density at radius 2 is 1.50 bits per heavy atom. The van der Waals surface area contributed by atoms with Gasteiger partial charge in [-0.1, -0.05) is 93.6 Å². The van der Waals surface area contributed by atoms with Gasteiger partial charge in [-0.25, -0.2) is 0 Å². The zero-order valence-corrected chi connectivity index (χ0v) is 17.9. The second-order valence-corrected chi connectivity index (χ2v) is 8.16. The molecule has 0 fully saturated rings. The van der Waals surface area contributed by atoms with E-state index in [0.29, 0.717) is 6.54 Å². The summed E-state index contributed by atoms with van der Waals surface area (Å²) in [6, 6.07) is 23.5. The Hall–Kier alpha value is -3.14. The maximum Gasteiger partial charge on any atom is 0.242 e. The minimum atomic E-state index is -0.560. The number of carbonyl (C=O) groups is 2. The summed E-state index contributed by atoms with van der Waals surface area (Å²) < 4.78 is 0. The average molecular weight is 403 g/mol. The average Bonchev–Trinajstić information content (AvgIpc) is 2.76. The van der Waals surface area contributed by atoms with Gasteiger partial charge < -0.3 is 10.6 Å². The van der Waals surface area contributed by atoms with Crippen molar-refractivity contribution in [3.63, 3.8) is 0 Å². The number of hydrogen-bond acceptors (Lipinski definition) is 2. The molecule has 156 valence electrons. The first-order chi connectivity index (χ1) is 14.5. The molecule has 0 radical (unpaired) electrons. The van der Waals surface area contributed by atoms with Gasteiger partial charge in [0.05, 0.1) is 6.42 Å². The van der Waals surface area contributed by atoms with E-state index in [-0.39, 0.29) is 30.1 Å². The second kappa shape index (κ2) is 10.1. The minimum absolute atomic E-state index is 0.00602. The van der Waals surface area contributed by atoms with Gasteiger partial charge >= 0.3 is 0 Å². The van der Waals surface area contributed by atoms with E-state index < -0.39 is 6.04 Å². The molecular weight excluding hydrogens is 372 g/mol. The fraction of sp³-hybridized carbons (Fsp3) is 0.308. The number of benzene rings is 3. The van der Waals surface area contributed by atoms with Crippen molar-refractivity contribution in [2.75, 3.05) is 6.54 Å². The van der Waals surface area contributed by atoms with Crippen LogP contribution in [0.15, 0.2) is 72.8 Å². The first kappa shape index (κ1) is 21.6. The highest BCUT2D eigenvalue weighted by Crippen LogP contribution is 2.19. The lowest BCUT2D eigenvalue weighted by Gasteiger charge is -2.23. The monoisotopic (exact) mass is 402 g/mol. The van der Waals surface area contributed by atoms with Gasteiger partial charge in [0.2, 0.25) is 11.8 Å². The van der Waals surface area contributed by atoms with Crippen molar-refractivity contribution >= 4 is 22.6 Å². The summed E-state index contributed by atoms with van der Waals surface area (Å²) in [4.78, 5) is 25.5. The summed E-state index contributed by atoms with van der Waals surface area (Å²) in [5.41, 5.74) is 2.14. The third-order valence-corrected chi connectivity index (χ3v) is 5.45. The summed E-state index contributed by atoms with van der Waals surface area (Å²) in [7, 11) is 0. The number of hydrogen-bond donors (Lipinski definition) is 2. The number of carbonyl (C=O) groups excluding carboxylic acids is 2. The van der Waals surface area contributed by atoms with Crippen molar-refractivity contribution in [2.24, 2.45) is 5.92 Å². The molecule has 2 N–H and O–H groups in total. The largest absolute Gasteiger partial charge is 0.354 e. The van der Waals surface area contributed by atoms with Crippen molar-refractivity contribution in [3.05, 3.63) is 83.9 Å². The first-order valence-electron chi connectivity index (χ1n) is 10.5. The quantitative estimate of drug-likeness (QED) is 0.585. The maximum atomic E-state index is 12.8. The molecule has 0 aliphatic heterocycles. The van der Waals surface area contributed by atoms with Crippen LogP contribution in [0.3, 0.4) is 0 Å². The molecule has 0 heterocycles. The van der Waals surface area contributed by atoms with Crippen LogP contribution in [0.1, 0.15) is 37.8 Å². The van der Waals surface area contributed by atoms with Gasteiger partial charge in [0.1, 0.15) is 6.04 Å². The third-order valence-electron chi connectivity index (χ3n) is 5.45. The number of amides is 2. The smallest absolute Gasteiger partial charge is 0.242 e. The summed E-state index contributed by atoms with van der Waals surface area (Å²) in [5, 5.41) is 8.12. The lowest BCUT2D eigenvalue weighted by atomic mass is 9.99. The highest BCUT2D eigenvalue weighted by atomic mass is 16.2. The van der Waals surface area contributed by atoms with Gasteiger partial charge in [0.15, 0.2) is 0 Å². The molecule has 0 aliphatic rings. The fourth-order valence-corrected chi connectivity index (χ4v) is 3.64. The molecule has 2 amide bonds. The van der Waals surface area contributed by atoms with Gasteiger partial charge in [0.25, 0.3) is 0 Å². The van der Waals surface area contributed by atoms with E-state index in [1.807, 2.05) is 74.5 Å². The summed E-state index contributed by atoms with van der Waals surface area (Å²) in [6.07, 6.45) is 0.248. The summed E-state index contributed by atoms with van der Waals surface area (Å²) >= 11 is 0. The van der Waals surface area contributed by atoms with Crippen LogP contribution < -0.4 is 10.6 Å². The normalized spacial score (nSPS) is 13.1. The lowest BCUT2D eigenvalue weighted by Crippen LogP contribution is -2.50. The molecule has 3 aromatic carbocycles. The van der Waals surface area contributed by atoms with Gasteiger partial charge in [-0.2, -0.15) is 0 Å². The van der Waals surface area contributed by atoms with Crippen LogP contribution in [0.5, 0.6) is 0 Å². The van der Waals surface area contributed by atoms with Crippen LogP contribution >= 0.6 is 0 Å². The van der Waals surface area contributed by atoms with Gasteiger partial charge in [-0.05, 0) is 33.7 Å². The van der Waals surface area contributed by atoms with Crippen molar-refractivity contribution in [3.8, 4) is 0 Å². The molecule has 4 heteroatoms. The van der Waals surface area contributed by atoms with Gasteiger partial charge in [-0.3, -0.25) is 9.59 Å². The van der Waals surface area contributed by atoms with Crippen molar-refractivity contribution in [1.29, 1.82) is 0 Å². The molecule has 0 unspecified atom stereocenters. The third kappa shape index (κ3) is 5.47. The van der Waals surface area contributed by atoms with Crippen molar-refractivity contribution < 1.29 is 9.59 Å². The SMILES string of the molecule is CC(C)[C@H](NC(=O)Cc1cccc2ccccc12)C(=O)NC[C@H](C)c1ccccc1. The Balaban J connectivity index is 1.61. The predicted molar refractivity (Wildman–Crippen MR) is 122 cm³/mol. The Bertz CT molecular complexity index is 993. The standard InChI is InChI=1S/C26H30N2O2/c1-18(2)25(26(30)27-17-19(3)20-10-5-4-6-11-20)28-24(29)16-22-14-9-13-21-12-7-8-15-23(21)22/h4-15,18-19,25H,16-17H2,1-3H3,(H,27,30)(H,28,29)/t19-,25-/m0/s1. The molecular formula is C26H30N2O2.